The lowest BCUT2D eigenvalue weighted by Gasteiger charge is -2.32. The Morgan fingerprint density at radius 1 is 1.45 bits per heavy atom. The third kappa shape index (κ3) is 4.16. The monoisotopic (exact) mass is 200 g/mol. The largest absolute Gasteiger partial charge is 0.314 e. The van der Waals surface area contributed by atoms with Gasteiger partial charge in [-0.15, -0.1) is 24.8 Å². The average Bonchev–Trinajstić information content (AvgIpc) is 1.89. The molecule has 0 aromatic heterocycles. The van der Waals surface area contributed by atoms with Crippen molar-refractivity contribution in [1.29, 1.82) is 0 Å². The van der Waals surface area contributed by atoms with Crippen LogP contribution in [0.2, 0.25) is 0 Å². The molecule has 1 rings (SSSR count). The van der Waals surface area contributed by atoms with Crippen molar-refractivity contribution in [2.75, 3.05) is 26.2 Å². The Kier molecular flexibility index (Phi) is 9.15. The van der Waals surface area contributed by atoms with Crippen LogP contribution in [0.25, 0.3) is 0 Å². The van der Waals surface area contributed by atoms with Gasteiger partial charge in [0.25, 0.3) is 0 Å². The molecule has 0 saturated carbocycles. The van der Waals surface area contributed by atoms with Crippen molar-refractivity contribution in [1.82, 2.24) is 10.2 Å². The van der Waals surface area contributed by atoms with Gasteiger partial charge in [-0.05, 0) is 13.5 Å². The van der Waals surface area contributed by atoms with Crippen LogP contribution < -0.4 is 5.32 Å². The van der Waals surface area contributed by atoms with Crippen LogP contribution in [0.15, 0.2) is 0 Å². The van der Waals surface area contributed by atoms with E-state index in [4.69, 9.17) is 0 Å². The van der Waals surface area contributed by atoms with Crippen molar-refractivity contribution >= 4 is 24.8 Å². The van der Waals surface area contributed by atoms with E-state index in [0.717, 1.165) is 19.1 Å². The van der Waals surface area contributed by atoms with Crippen LogP contribution in [0, 0.1) is 0 Å². The maximum atomic E-state index is 3.36. The van der Waals surface area contributed by atoms with Gasteiger partial charge in [0, 0.05) is 25.7 Å². The topological polar surface area (TPSA) is 15.3 Å². The lowest BCUT2D eigenvalue weighted by atomic mass is 10.2. The molecule has 1 aliphatic heterocycles. The quantitative estimate of drug-likeness (QED) is 0.684. The molecule has 0 bridgehead atoms. The fraction of sp³-hybridized carbons (Fsp3) is 1.00. The first-order valence-corrected chi connectivity index (χ1v) is 3.79. The number of nitrogens with one attached hydrogen (secondary N) is 1. The first kappa shape index (κ1) is 14.0. The highest BCUT2D eigenvalue weighted by molar-refractivity contribution is 5.85. The molecular formula is C7H18Cl2N2. The van der Waals surface area contributed by atoms with Crippen molar-refractivity contribution < 1.29 is 0 Å². The number of halogens is 2. The Balaban J connectivity index is 0. The van der Waals surface area contributed by atoms with Crippen LogP contribution in [0.5, 0.6) is 0 Å². The number of nitrogens with zero attached hydrogens (tertiary/aromatic N) is 1. The summed E-state index contributed by atoms with van der Waals surface area (Å²) in [5.74, 6) is 0. The van der Waals surface area contributed by atoms with Crippen molar-refractivity contribution in [3.8, 4) is 0 Å². The van der Waals surface area contributed by atoms with E-state index >= 15 is 0 Å². The molecule has 70 valence electrons. The second-order valence-electron chi connectivity index (χ2n) is 2.68. The summed E-state index contributed by atoms with van der Waals surface area (Å²) < 4.78 is 0. The molecule has 1 aliphatic rings. The minimum atomic E-state index is 0. The number of piperazine rings is 1. The Bertz CT molecular complexity index is 90.5. The fourth-order valence-corrected chi connectivity index (χ4v) is 1.35. The van der Waals surface area contributed by atoms with Crippen LogP contribution in [0.4, 0.5) is 0 Å². The predicted molar refractivity (Wildman–Crippen MR) is 54.1 cm³/mol. The van der Waals surface area contributed by atoms with Crippen LogP contribution >= 0.6 is 24.8 Å². The second kappa shape index (κ2) is 7.17. The van der Waals surface area contributed by atoms with Gasteiger partial charge < -0.3 is 5.32 Å². The fourth-order valence-electron chi connectivity index (χ4n) is 1.35. The highest BCUT2D eigenvalue weighted by atomic mass is 35.5. The molecule has 0 spiro atoms. The minimum Gasteiger partial charge on any atom is -0.314 e. The SMILES string of the molecule is CCN1CCNC[C@@H]1C.Cl.Cl. The molecule has 0 unspecified atom stereocenters. The predicted octanol–water partition coefficient (Wildman–Crippen LogP) is 1.14. The summed E-state index contributed by atoms with van der Waals surface area (Å²) in [7, 11) is 0. The van der Waals surface area contributed by atoms with Gasteiger partial charge in [0.2, 0.25) is 0 Å². The van der Waals surface area contributed by atoms with E-state index in [0.29, 0.717) is 0 Å². The first-order valence-electron chi connectivity index (χ1n) is 3.79. The van der Waals surface area contributed by atoms with E-state index in [1.807, 2.05) is 0 Å². The summed E-state index contributed by atoms with van der Waals surface area (Å²) in [6, 6.07) is 0.740. The van der Waals surface area contributed by atoms with Gasteiger partial charge in [-0.3, -0.25) is 4.90 Å². The van der Waals surface area contributed by atoms with E-state index < -0.39 is 0 Å². The van der Waals surface area contributed by atoms with Gasteiger partial charge in [0.15, 0.2) is 0 Å². The number of likely N-dealkylation sites (N-methyl/N-ethyl adjacent to an activating group) is 1. The van der Waals surface area contributed by atoms with Crippen molar-refractivity contribution in [2.45, 2.75) is 19.9 Å². The molecule has 4 heteroatoms. The van der Waals surface area contributed by atoms with Crippen LogP contribution in [0.1, 0.15) is 13.8 Å². The number of rotatable bonds is 1. The average molecular weight is 201 g/mol. The molecule has 1 fully saturated rings. The number of hydrogen-bond donors (Lipinski definition) is 1. The Morgan fingerprint density at radius 2 is 2.09 bits per heavy atom. The Labute approximate surface area is 81.5 Å². The zero-order chi connectivity index (χ0) is 6.69. The van der Waals surface area contributed by atoms with E-state index in [-0.39, 0.29) is 24.8 Å². The first-order chi connectivity index (χ1) is 4.34. The lowest BCUT2D eigenvalue weighted by molar-refractivity contribution is 0.183. The van der Waals surface area contributed by atoms with Crippen LogP contribution in [-0.2, 0) is 0 Å². The molecule has 0 radical (unpaired) electrons. The van der Waals surface area contributed by atoms with E-state index in [2.05, 4.69) is 24.1 Å². The summed E-state index contributed by atoms with van der Waals surface area (Å²) in [6.07, 6.45) is 0. The zero-order valence-electron chi connectivity index (χ0n) is 7.17. The van der Waals surface area contributed by atoms with E-state index in [9.17, 15) is 0 Å². The molecular weight excluding hydrogens is 183 g/mol. The smallest absolute Gasteiger partial charge is 0.0192 e. The molecule has 0 aromatic rings. The summed E-state index contributed by atoms with van der Waals surface area (Å²) in [6.45, 7) is 9.24. The molecule has 0 aromatic carbocycles. The third-order valence-electron chi connectivity index (χ3n) is 2.05. The lowest BCUT2D eigenvalue weighted by Crippen LogP contribution is -2.49. The summed E-state index contributed by atoms with van der Waals surface area (Å²) >= 11 is 0. The maximum Gasteiger partial charge on any atom is 0.0192 e. The molecule has 0 aliphatic carbocycles. The Hall–Kier alpha value is 0.500. The normalized spacial score (nSPS) is 25.1. The van der Waals surface area contributed by atoms with Gasteiger partial charge >= 0.3 is 0 Å². The summed E-state index contributed by atoms with van der Waals surface area (Å²) in [5, 5.41) is 3.36. The maximum absolute atomic E-state index is 3.36. The van der Waals surface area contributed by atoms with Gasteiger partial charge in [-0.2, -0.15) is 0 Å². The molecule has 1 atom stereocenters. The van der Waals surface area contributed by atoms with Crippen molar-refractivity contribution in [2.24, 2.45) is 0 Å². The van der Waals surface area contributed by atoms with E-state index in [1.54, 1.807) is 0 Å². The molecule has 1 saturated heterocycles. The summed E-state index contributed by atoms with van der Waals surface area (Å²) in [4.78, 5) is 2.50. The molecule has 1 heterocycles. The van der Waals surface area contributed by atoms with Crippen LogP contribution in [0.3, 0.4) is 0 Å². The van der Waals surface area contributed by atoms with Crippen molar-refractivity contribution in [3.05, 3.63) is 0 Å². The van der Waals surface area contributed by atoms with Gasteiger partial charge in [0.1, 0.15) is 0 Å². The summed E-state index contributed by atoms with van der Waals surface area (Å²) in [5.41, 5.74) is 0. The molecule has 0 amide bonds. The molecule has 1 N–H and O–H groups in total. The molecule has 11 heavy (non-hydrogen) atoms. The highest BCUT2D eigenvalue weighted by Crippen LogP contribution is 1.99. The molecule has 2 nitrogen and oxygen atoms in total. The van der Waals surface area contributed by atoms with Crippen molar-refractivity contribution in [3.63, 3.8) is 0 Å². The van der Waals surface area contributed by atoms with Gasteiger partial charge in [-0.1, -0.05) is 6.92 Å². The second-order valence-corrected chi connectivity index (χ2v) is 2.68. The number of hydrogen-bond acceptors (Lipinski definition) is 2. The standard InChI is InChI=1S/C7H16N2.2ClH/c1-3-9-5-4-8-6-7(9)2;;/h7-8H,3-6H2,1-2H3;2*1H/t7-;;/m0../s1. The van der Waals surface area contributed by atoms with Gasteiger partial charge in [0.05, 0.1) is 0 Å². The van der Waals surface area contributed by atoms with E-state index in [1.165, 1.54) is 13.1 Å². The zero-order valence-corrected chi connectivity index (χ0v) is 8.80. The van der Waals surface area contributed by atoms with Gasteiger partial charge in [-0.25, -0.2) is 0 Å². The third-order valence-corrected chi connectivity index (χ3v) is 2.05. The minimum absolute atomic E-state index is 0. The van der Waals surface area contributed by atoms with Crippen LogP contribution in [-0.4, -0.2) is 37.1 Å². The highest BCUT2D eigenvalue weighted by Gasteiger charge is 2.14. The Morgan fingerprint density at radius 3 is 2.45 bits per heavy atom.